The summed E-state index contributed by atoms with van der Waals surface area (Å²) < 4.78 is 0. The smallest absolute Gasteiger partial charge is 0.234 e. The molecule has 2 aromatic rings. The van der Waals surface area contributed by atoms with Gasteiger partial charge in [-0.3, -0.25) is 9.78 Å². The molecular weight excluding hydrogens is 252 g/mol. The summed E-state index contributed by atoms with van der Waals surface area (Å²) >= 11 is 0. The highest BCUT2D eigenvalue weighted by molar-refractivity contribution is 5.81. The van der Waals surface area contributed by atoms with Gasteiger partial charge in [0.2, 0.25) is 5.91 Å². The number of nitriles is 1. The quantitative estimate of drug-likeness (QED) is 0.605. The van der Waals surface area contributed by atoms with E-state index in [2.05, 4.69) is 15.6 Å². The number of benzene rings is 1. The molecule has 0 aliphatic carbocycles. The third-order valence-electron chi connectivity index (χ3n) is 2.94. The van der Waals surface area contributed by atoms with Crippen LogP contribution in [0.15, 0.2) is 36.5 Å². The first kappa shape index (κ1) is 14.0. The number of fused-ring (bicyclic) bond motifs is 1. The highest BCUT2D eigenvalue weighted by Crippen LogP contribution is 2.15. The second-order valence-electron chi connectivity index (χ2n) is 4.35. The summed E-state index contributed by atoms with van der Waals surface area (Å²) in [5, 5.41) is 15.0. The molecule has 0 unspecified atom stereocenters. The van der Waals surface area contributed by atoms with Crippen LogP contribution in [-0.2, 0) is 11.2 Å². The number of para-hydroxylation sites is 1. The lowest BCUT2D eigenvalue weighted by Gasteiger charge is -2.07. The van der Waals surface area contributed by atoms with Gasteiger partial charge in [-0.25, -0.2) is 0 Å². The van der Waals surface area contributed by atoms with Crippen molar-refractivity contribution >= 4 is 16.8 Å². The van der Waals surface area contributed by atoms with Crippen molar-refractivity contribution in [3.63, 3.8) is 0 Å². The molecule has 0 saturated carbocycles. The Morgan fingerprint density at radius 2 is 2.15 bits per heavy atom. The molecular formula is C15H16N4O. The molecule has 0 aliphatic rings. The van der Waals surface area contributed by atoms with Crippen molar-refractivity contribution in [2.24, 2.45) is 0 Å². The lowest BCUT2D eigenvalue weighted by molar-refractivity contribution is -0.120. The zero-order valence-electron chi connectivity index (χ0n) is 11.1. The maximum atomic E-state index is 11.3. The normalized spacial score (nSPS) is 10.2. The van der Waals surface area contributed by atoms with Gasteiger partial charge in [0, 0.05) is 11.6 Å². The number of aromatic nitrogens is 1. The lowest BCUT2D eigenvalue weighted by Crippen LogP contribution is -2.34. The molecule has 2 rings (SSSR count). The fourth-order valence-corrected chi connectivity index (χ4v) is 1.99. The molecule has 0 bridgehead atoms. The predicted molar refractivity (Wildman–Crippen MR) is 76.9 cm³/mol. The molecule has 2 N–H and O–H groups in total. The van der Waals surface area contributed by atoms with E-state index in [1.54, 1.807) is 6.20 Å². The van der Waals surface area contributed by atoms with Crippen LogP contribution in [0.3, 0.4) is 0 Å². The van der Waals surface area contributed by atoms with Crippen molar-refractivity contribution in [3.8, 4) is 6.07 Å². The molecule has 0 radical (unpaired) electrons. The highest BCUT2D eigenvalue weighted by Gasteiger charge is 2.02. The van der Waals surface area contributed by atoms with E-state index in [1.165, 1.54) is 0 Å². The third kappa shape index (κ3) is 3.77. The first-order valence-electron chi connectivity index (χ1n) is 6.48. The number of hydrogen-bond donors (Lipinski definition) is 2. The number of amides is 1. The first-order valence-corrected chi connectivity index (χ1v) is 6.48. The topological polar surface area (TPSA) is 77.8 Å². The van der Waals surface area contributed by atoms with Crippen LogP contribution in [0.25, 0.3) is 10.9 Å². The summed E-state index contributed by atoms with van der Waals surface area (Å²) in [5.74, 6) is -0.164. The highest BCUT2D eigenvalue weighted by atomic mass is 16.1. The van der Waals surface area contributed by atoms with Gasteiger partial charge in [-0.1, -0.05) is 24.3 Å². The number of nitrogens with zero attached hydrogens (tertiary/aromatic N) is 2. The molecule has 1 aromatic heterocycles. The number of nitrogens with one attached hydrogen (secondary N) is 2. The standard InChI is InChI=1S/C15H16N4O/c16-7-10-18-14(20)11-17-9-6-13-4-1-3-12-5-2-8-19-15(12)13/h1-5,8,17H,6,9-11H2,(H,18,20). The Labute approximate surface area is 117 Å². The number of carbonyl (C=O) groups excluding carboxylic acids is 1. The van der Waals surface area contributed by atoms with Crippen molar-refractivity contribution < 1.29 is 4.79 Å². The van der Waals surface area contributed by atoms with Gasteiger partial charge in [-0.2, -0.15) is 5.26 Å². The van der Waals surface area contributed by atoms with Crippen LogP contribution in [0.4, 0.5) is 0 Å². The fraction of sp³-hybridized carbons (Fsp3) is 0.267. The van der Waals surface area contributed by atoms with E-state index in [0.717, 1.165) is 22.9 Å². The minimum absolute atomic E-state index is 0.0494. The van der Waals surface area contributed by atoms with Crippen LogP contribution in [0, 0.1) is 11.3 Å². The van der Waals surface area contributed by atoms with E-state index < -0.39 is 0 Å². The Morgan fingerprint density at radius 3 is 3.00 bits per heavy atom. The van der Waals surface area contributed by atoms with Gasteiger partial charge in [0.1, 0.15) is 6.54 Å². The SMILES string of the molecule is N#CCNC(=O)CNCCc1cccc2cccnc12. The van der Waals surface area contributed by atoms with Crippen LogP contribution < -0.4 is 10.6 Å². The number of pyridine rings is 1. The van der Waals surface area contributed by atoms with Gasteiger partial charge in [-0.05, 0) is 24.6 Å². The van der Waals surface area contributed by atoms with Gasteiger partial charge in [0.15, 0.2) is 0 Å². The molecule has 1 amide bonds. The zero-order chi connectivity index (χ0) is 14.2. The van der Waals surface area contributed by atoms with E-state index in [9.17, 15) is 4.79 Å². The summed E-state index contributed by atoms with van der Waals surface area (Å²) in [6, 6.07) is 11.9. The van der Waals surface area contributed by atoms with E-state index in [0.29, 0.717) is 6.54 Å². The van der Waals surface area contributed by atoms with E-state index >= 15 is 0 Å². The molecule has 0 aliphatic heterocycles. The van der Waals surface area contributed by atoms with Crippen LogP contribution in [0.5, 0.6) is 0 Å². The predicted octanol–water partition coefficient (Wildman–Crippen LogP) is 1.01. The Kier molecular flexibility index (Phi) is 5.04. The molecule has 102 valence electrons. The van der Waals surface area contributed by atoms with Gasteiger partial charge < -0.3 is 10.6 Å². The fourth-order valence-electron chi connectivity index (χ4n) is 1.99. The van der Waals surface area contributed by atoms with E-state index in [4.69, 9.17) is 5.26 Å². The lowest BCUT2D eigenvalue weighted by atomic mass is 10.1. The van der Waals surface area contributed by atoms with E-state index in [-0.39, 0.29) is 19.0 Å². The van der Waals surface area contributed by atoms with Crippen molar-refractivity contribution in [3.05, 3.63) is 42.1 Å². The number of hydrogen-bond acceptors (Lipinski definition) is 4. The Balaban J connectivity index is 1.85. The Hall–Kier alpha value is -2.45. The maximum Gasteiger partial charge on any atom is 0.234 e. The number of rotatable bonds is 6. The van der Waals surface area contributed by atoms with Gasteiger partial charge in [0.05, 0.1) is 18.1 Å². The van der Waals surface area contributed by atoms with Gasteiger partial charge in [0.25, 0.3) is 0 Å². The summed E-state index contributed by atoms with van der Waals surface area (Å²) in [6.07, 6.45) is 2.59. The zero-order valence-corrected chi connectivity index (χ0v) is 11.1. The minimum Gasteiger partial charge on any atom is -0.342 e. The second-order valence-corrected chi connectivity index (χ2v) is 4.35. The summed E-state index contributed by atoms with van der Waals surface area (Å²) in [5.41, 5.74) is 2.17. The molecule has 1 heterocycles. The number of carbonyl (C=O) groups is 1. The van der Waals surface area contributed by atoms with Crippen LogP contribution in [-0.4, -0.2) is 30.5 Å². The Morgan fingerprint density at radius 1 is 1.30 bits per heavy atom. The molecule has 0 spiro atoms. The molecule has 0 atom stereocenters. The van der Waals surface area contributed by atoms with Crippen molar-refractivity contribution in [1.29, 1.82) is 5.26 Å². The molecule has 5 heteroatoms. The van der Waals surface area contributed by atoms with Crippen LogP contribution >= 0.6 is 0 Å². The molecule has 0 fully saturated rings. The molecule has 5 nitrogen and oxygen atoms in total. The van der Waals surface area contributed by atoms with E-state index in [1.807, 2.05) is 36.4 Å². The van der Waals surface area contributed by atoms with Crippen LogP contribution in [0.1, 0.15) is 5.56 Å². The average Bonchev–Trinajstić information content (AvgIpc) is 2.49. The second kappa shape index (κ2) is 7.22. The molecule has 1 aromatic carbocycles. The van der Waals surface area contributed by atoms with Crippen molar-refractivity contribution in [1.82, 2.24) is 15.6 Å². The third-order valence-corrected chi connectivity index (χ3v) is 2.94. The van der Waals surface area contributed by atoms with Gasteiger partial charge in [-0.15, -0.1) is 0 Å². The molecule has 20 heavy (non-hydrogen) atoms. The summed E-state index contributed by atoms with van der Waals surface area (Å²) in [7, 11) is 0. The van der Waals surface area contributed by atoms with Gasteiger partial charge >= 0.3 is 0 Å². The summed E-state index contributed by atoms with van der Waals surface area (Å²) in [6.45, 7) is 0.962. The molecule has 0 saturated heterocycles. The maximum absolute atomic E-state index is 11.3. The minimum atomic E-state index is -0.164. The largest absolute Gasteiger partial charge is 0.342 e. The first-order chi connectivity index (χ1) is 9.81. The van der Waals surface area contributed by atoms with Crippen molar-refractivity contribution in [2.75, 3.05) is 19.6 Å². The summed E-state index contributed by atoms with van der Waals surface area (Å²) in [4.78, 5) is 15.7. The Bertz CT molecular complexity index is 628. The van der Waals surface area contributed by atoms with Crippen molar-refractivity contribution in [2.45, 2.75) is 6.42 Å². The average molecular weight is 268 g/mol. The van der Waals surface area contributed by atoms with Crippen LogP contribution in [0.2, 0.25) is 0 Å². The monoisotopic (exact) mass is 268 g/mol.